The molecule has 0 amide bonds. The summed E-state index contributed by atoms with van der Waals surface area (Å²) in [5.74, 6) is 0. The van der Waals surface area contributed by atoms with Crippen LogP contribution in [-0.2, 0) is 4.74 Å². The van der Waals surface area contributed by atoms with Crippen molar-refractivity contribution in [2.75, 3.05) is 0 Å². The van der Waals surface area contributed by atoms with E-state index in [0.717, 1.165) is 19.3 Å². The Labute approximate surface area is 120 Å². The quantitative estimate of drug-likeness (QED) is 0.246. The van der Waals surface area contributed by atoms with E-state index < -0.39 is 0 Å². The minimum Gasteiger partial charge on any atom is -0.369 e. The number of rotatable bonds is 12. The highest BCUT2D eigenvalue weighted by Crippen LogP contribution is 2.29. The molecule has 0 bridgehead atoms. The van der Waals surface area contributed by atoms with E-state index in [-0.39, 0.29) is 0 Å². The van der Waals surface area contributed by atoms with Crippen molar-refractivity contribution in [2.24, 2.45) is 0 Å². The van der Waals surface area contributed by atoms with Gasteiger partial charge in [-0.1, -0.05) is 70.3 Å². The van der Waals surface area contributed by atoms with E-state index in [2.05, 4.69) is 38.2 Å². The summed E-state index contributed by atoms with van der Waals surface area (Å²) in [6.45, 7) is 4.45. The van der Waals surface area contributed by atoms with Crippen LogP contribution < -0.4 is 0 Å². The minimum absolute atomic E-state index is 0.501. The lowest BCUT2D eigenvalue weighted by Crippen LogP contribution is -1.90. The number of hydrogen-bond donors (Lipinski definition) is 0. The summed E-state index contributed by atoms with van der Waals surface area (Å²) in [5.41, 5.74) is 0. The lowest BCUT2D eigenvalue weighted by atomic mass is 10.1. The van der Waals surface area contributed by atoms with Gasteiger partial charge in [0.1, 0.15) is 0 Å². The molecule has 1 saturated heterocycles. The second-order valence-electron chi connectivity index (χ2n) is 5.59. The lowest BCUT2D eigenvalue weighted by Gasteiger charge is -1.97. The standard InChI is InChI=1S/C18H32O/c1-3-5-7-8-9-10-11-12-14-16-18-17(19-18)15-13-6-4-2/h6,12-14,17-18H,3-5,7-11,15-16H2,1-2H3/t17-,18-/m0/s1. The zero-order valence-electron chi connectivity index (χ0n) is 12.9. The van der Waals surface area contributed by atoms with E-state index >= 15 is 0 Å². The van der Waals surface area contributed by atoms with Gasteiger partial charge in [-0.05, 0) is 32.1 Å². The summed E-state index contributed by atoms with van der Waals surface area (Å²) in [6.07, 6.45) is 23.1. The van der Waals surface area contributed by atoms with Gasteiger partial charge in [-0.2, -0.15) is 0 Å². The highest BCUT2D eigenvalue weighted by Gasteiger charge is 2.35. The van der Waals surface area contributed by atoms with E-state index in [1.807, 2.05) is 0 Å². The number of ether oxygens (including phenoxy) is 1. The van der Waals surface area contributed by atoms with Crippen LogP contribution in [-0.4, -0.2) is 12.2 Å². The summed E-state index contributed by atoms with van der Waals surface area (Å²) in [6, 6.07) is 0. The molecule has 110 valence electrons. The van der Waals surface area contributed by atoms with Crippen LogP contribution in [0.1, 0.15) is 78.1 Å². The molecule has 0 spiro atoms. The molecule has 1 rings (SSSR count). The van der Waals surface area contributed by atoms with Crippen molar-refractivity contribution in [3.05, 3.63) is 24.3 Å². The third-order valence-electron chi connectivity index (χ3n) is 3.72. The molecule has 0 radical (unpaired) electrons. The highest BCUT2D eigenvalue weighted by molar-refractivity contribution is 4.97. The first-order valence-electron chi connectivity index (χ1n) is 8.34. The Kier molecular flexibility index (Phi) is 9.79. The van der Waals surface area contributed by atoms with Gasteiger partial charge in [0.05, 0.1) is 12.2 Å². The molecule has 0 aromatic heterocycles. The predicted molar refractivity (Wildman–Crippen MR) is 84.5 cm³/mol. The number of allylic oxidation sites excluding steroid dienone is 2. The predicted octanol–water partition coefficient (Wildman–Crippen LogP) is 5.81. The molecule has 0 saturated carbocycles. The average Bonchev–Trinajstić information content (AvgIpc) is 3.16. The maximum atomic E-state index is 5.63. The molecule has 0 unspecified atom stereocenters. The Hall–Kier alpha value is -0.560. The van der Waals surface area contributed by atoms with Gasteiger partial charge in [-0.25, -0.2) is 0 Å². The van der Waals surface area contributed by atoms with Crippen molar-refractivity contribution in [1.82, 2.24) is 0 Å². The van der Waals surface area contributed by atoms with Crippen molar-refractivity contribution < 1.29 is 4.74 Å². The summed E-state index contributed by atoms with van der Waals surface area (Å²) in [4.78, 5) is 0. The molecule has 1 nitrogen and oxygen atoms in total. The molecule has 1 fully saturated rings. The van der Waals surface area contributed by atoms with E-state index in [1.165, 1.54) is 44.9 Å². The summed E-state index contributed by atoms with van der Waals surface area (Å²) >= 11 is 0. The van der Waals surface area contributed by atoms with Gasteiger partial charge < -0.3 is 4.74 Å². The first-order valence-corrected chi connectivity index (χ1v) is 8.34. The normalized spacial score (nSPS) is 22.6. The molecule has 1 aliphatic heterocycles. The minimum atomic E-state index is 0.501. The fourth-order valence-corrected chi connectivity index (χ4v) is 2.38. The molecule has 0 N–H and O–H groups in total. The molecule has 1 aliphatic rings. The van der Waals surface area contributed by atoms with Crippen molar-refractivity contribution in [3.63, 3.8) is 0 Å². The van der Waals surface area contributed by atoms with Crippen LogP contribution in [0.4, 0.5) is 0 Å². The number of epoxide rings is 1. The Morgan fingerprint density at radius 1 is 0.737 bits per heavy atom. The van der Waals surface area contributed by atoms with Crippen molar-refractivity contribution in [1.29, 1.82) is 0 Å². The number of unbranched alkanes of at least 4 members (excludes halogenated alkanes) is 6. The van der Waals surface area contributed by atoms with E-state index in [9.17, 15) is 0 Å². The maximum Gasteiger partial charge on any atom is 0.0879 e. The molecule has 1 heterocycles. The smallest absolute Gasteiger partial charge is 0.0879 e. The first kappa shape index (κ1) is 16.5. The molecule has 0 aromatic carbocycles. The van der Waals surface area contributed by atoms with Crippen LogP contribution in [0, 0.1) is 0 Å². The summed E-state index contributed by atoms with van der Waals surface area (Å²) in [5, 5.41) is 0. The molecule has 1 heteroatoms. The second-order valence-corrected chi connectivity index (χ2v) is 5.59. The van der Waals surface area contributed by atoms with Crippen LogP contribution in [0.15, 0.2) is 24.3 Å². The Bertz CT molecular complexity index is 254. The van der Waals surface area contributed by atoms with Gasteiger partial charge >= 0.3 is 0 Å². The van der Waals surface area contributed by atoms with Gasteiger partial charge in [0.15, 0.2) is 0 Å². The topological polar surface area (TPSA) is 12.5 Å². The van der Waals surface area contributed by atoms with Crippen LogP contribution in [0.5, 0.6) is 0 Å². The van der Waals surface area contributed by atoms with E-state index in [4.69, 9.17) is 4.74 Å². The Morgan fingerprint density at radius 2 is 1.37 bits per heavy atom. The summed E-state index contributed by atoms with van der Waals surface area (Å²) in [7, 11) is 0. The van der Waals surface area contributed by atoms with Gasteiger partial charge in [-0.15, -0.1) is 0 Å². The fourth-order valence-electron chi connectivity index (χ4n) is 2.38. The van der Waals surface area contributed by atoms with Crippen LogP contribution in [0.3, 0.4) is 0 Å². The molecular formula is C18H32O. The van der Waals surface area contributed by atoms with Crippen LogP contribution in [0.25, 0.3) is 0 Å². The molecular weight excluding hydrogens is 232 g/mol. The zero-order valence-corrected chi connectivity index (χ0v) is 12.9. The van der Waals surface area contributed by atoms with Crippen LogP contribution >= 0.6 is 0 Å². The van der Waals surface area contributed by atoms with Gasteiger partial charge in [0, 0.05) is 0 Å². The Morgan fingerprint density at radius 3 is 2.05 bits per heavy atom. The maximum absolute atomic E-state index is 5.63. The SMILES string of the molecule is CCC=CC[C@@H]1O[C@H]1CC=CCCCCCCCC. The first-order chi connectivity index (χ1) is 9.38. The van der Waals surface area contributed by atoms with Gasteiger partial charge in [0.25, 0.3) is 0 Å². The fraction of sp³-hybridized carbons (Fsp3) is 0.778. The van der Waals surface area contributed by atoms with E-state index in [0.29, 0.717) is 12.2 Å². The summed E-state index contributed by atoms with van der Waals surface area (Å²) < 4.78 is 5.63. The molecule has 0 aromatic rings. The highest BCUT2D eigenvalue weighted by atomic mass is 16.6. The van der Waals surface area contributed by atoms with Crippen molar-refractivity contribution >= 4 is 0 Å². The molecule has 19 heavy (non-hydrogen) atoms. The lowest BCUT2D eigenvalue weighted by molar-refractivity contribution is 0.372. The van der Waals surface area contributed by atoms with E-state index in [1.54, 1.807) is 0 Å². The van der Waals surface area contributed by atoms with Gasteiger partial charge in [-0.3, -0.25) is 0 Å². The third kappa shape index (κ3) is 9.04. The number of hydrogen-bond acceptors (Lipinski definition) is 1. The van der Waals surface area contributed by atoms with Crippen LogP contribution in [0.2, 0.25) is 0 Å². The largest absolute Gasteiger partial charge is 0.369 e. The van der Waals surface area contributed by atoms with Gasteiger partial charge in [0.2, 0.25) is 0 Å². The van der Waals surface area contributed by atoms with Crippen molar-refractivity contribution in [2.45, 2.75) is 90.3 Å². The molecule has 0 aliphatic carbocycles. The third-order valence-corrected chi connectivity index (χ3v) is 3.72. The van der Waals surface area contributed by atoms with Crippen molar-refractivity contribution in [3.8, 4) is 0 Å². The monoisotopic (exact) mass is 264 g/mol. The average molecular weight is 264 g/mol. The zero-order chi connectivity index (χ0) is 13.8. The molecule has 2 atom stereocenters. The second kappa shape index (κ2) is 11.3. The Balaban J connectivity index is 1.85.